The van der Waals surface area contributed by atoms with Crippen LogP contribution < -0.4 is 10.6 Å². The number of carbonyl (C=O) groups is 1. The molecule has 0 radical (unpaired) electrons. The van der Waals surface area contributed by atoms with Crippen LogP contribution in [0.4, 0.5) is 11.4 Å². The third-order valence-electron chi connectivity index (χ3n) is 4.92. The van der Waals surface area contributed by atoms with Gasteiger partial charge in [0, 0.05) is 17.7 Å². The Hall–Kier alpha value is -2.55. The number of benzene rings is 2. The maximum absolute atomic E-state index is 12.9. The average Bonchev–Trinajstić information content (AvgIpc) is 2.72. The molecule has 0 amide bonds. The molecule has 0 spiro atoms. The number of aryl methyl sites for hydroxylation is 1. The molecule has 2 atom stereocenters. The summed E-state index contributed by atoms with van der Waals surface area (Å²) >= 11 is 0. The number of nitrogens with one attached hydrogen (secondary N) is 2. The van der Waals surface area contributed by atoms with E-state index in [-0.39, 0.29) is 11.8 Å². The number of carbonyl (C=O) groups excluding carboxylic acids is 1. The van der Waals surface area contributed by atoms with Gasteiger partial charge in [-0.1, -0.05) is 48.9 Å². The Morgan fingerprint density at radius 2 is 1.67 bits per heavy atom. The predicted molar refractivity (Wildman–Crippen MR) is 98.0 cm³/mol. The third-order valence-corrected chi connectivity index (χ3v) is 4.92. The van der Waals surface area contributed by atoms with Gasteiger partial charge >= 0.3 is 0 Å². The highest BCUT2D eigenvalue weighted by Gasteiger charge is 2.34. The Labute approximate surface area is 142 Å². The fourth-order valence-electron chi connectivity index (χ4n) is 3.70. The predicted octanol–water partition coefficient (Wildman–Crippen LogP) is 4.83. The lowest BCUT2D eigenvalue weighted by atomic mass is 9.82. The van der Waals surface area contributed by atoms with E-state index in [2.05, 4.69) is 60.9 Å². The van der Waals surface area contributed by atoms with Crippen LogP contribution in [0.2, 0.25) is 0 Å². The number of allylic oxidation sites excluding steroid dienone is 1. The van der Waals surface area contributed by atoms with Crippen LogP contribution in [-0.4, -0.2) is 5.78 Å². The van der Waals surface area contributed by atoms with Crippen molar-refractivity contribution in [2.24, 2.45) is 5.92 Å². The van der Waals surface area contributed by atoms with Crippen molar-refractivity contribution in [1.82, 2.24) is 0 Å². The number of ketones is 1. The van der Waals surface area contributed by atoms with Crippen LogP contribution in [0, 0.1) is 12.8 Å². The van der Waals surface area contributed by atoms with E-state index in [1.165, 1.54) is 5.56 Å². The lowest BCUT2D eigenvalue weighted by molar-refractivity contribution is -0.117. The van der Waals surface area contributed by atoms with E-state index in [1.807, 2.05) is 12.1 Å². The van der Waals surface area contributed by atoms with E-state index in [1.54, 1.807) is 0 Å². The van der Waals surface area contributed by atoms with Gasteiger partial charge in [0.1, 0.15) is 0 Å². The normalized spacial score (nSPS) is 22.8. The standard InChI is InChI=1S/C21H22N2O/c1-13-7-9-15(10-8-13)21-20-18(11-14(2)12-19(20)24)22-16-5-3-4-6-17(16)23-21/h3-10,14,21-23H,11-12H2,1-2H3/t14-,21-/m0/s1. The first kappa shape index (κ1) is 15.0. The first-order chi connectivity index (χ1) is 11.6. The second kappa shape index (κ2) is 5.82. The minimum Gasteiger partial charge on any atom is -0.372 e. The Bertz CT molecular complexity index is 820. The van der Waals surface area contributed by atoms with Crippen LogP contribution >= 0.6 is 0 Å². The molecule has 3 nitrogen and oxygen atoms in total. The molecule has 0 saturated heterocycles. The zero-order chi connectivity index (χ0) is 16.7. The highest BCUT2D eigenvalue weighted by molar-refractivity contribution is 6.00. The van der Waals surface area contributed by atoms with Gasteiger partial charge in [-0.3, -0.25) is 4.79 Å². The topological polar surface area (TPSA) is 41.1 Å². The van der Waals surface area contributed by atoms with Gasteiger partial charge in [-0.25, -0.2) is 0 Å². The minimum atomic E-state index is -0.100. The number of fused-ring (bicyclic) bond motifs is 1. The lowest BCUT2D eigenvalue weighted by Crippen LogP contribution is -2.26. The highest BCUT2D eigenvalue weighted by Crippen LogP contribution is 2.41. The number of Topliss-reactive ketones (excluding diaryl/α,β-unsaturated/α-hetero) is 1. The smallest absolute Gasteiger partial charge is 0.163 e. The second-order valence-electron chi connectivity index (χ2n) is 6.99. The fourth-order valence-corrected chi connectivity index (χ4v) is 3.70. The van der Waals surface area contributed by atoms with E-state index in [0.29, 0.717) is 12.3 Å². The Morgan fingerprint density at radius 3 is 2.42 bits per heavy atom. The zero-order valence-corrected chi connectivity index (χ0v) is 14.1. The number of rotatable bonds is 1. The Morgan fingerprint density at radius 1 is 0.958 bits per heavy atom. The maximum atomic E-state index is 12.9. The van der Waals surface area contributed by atoms with E-state index < -0.39 is 0 Å². The summed E-state index contributed by atoms with van der Waals surface area (Å²) in [6.07, 6.45) is 1.54. The zero-order valence-electron chi connectivity index (χ0n) is 14.1. The molecular weight excluding hydrogens is 296 g/mol. The van der Waals surface area contributed by atoms with Gasteiger partial charge in [-0.15, -0.1) is 0 Å². The summed E-state index contributed by atoms with van der Waals surface area (Å²) in [5, 5.41) is 7.13. The van der Waals surface area contributed by atoms with Crippen molar-refractivity contribution >= 4 is 17.2 Å². The molecule has 4 rings (SSSR count). The minimum absolute atomic E-state index is 0.100. The van der Waals surface area contributed by atoms with Crippen molar-refractivity contribution in [1.29, 1.82) is 0 Å². The second-order valence-corrected chi connectivity index (χ2v) is 6.99. The van der Waals surface area contributed by atoms with Crippen molar-refractivity contribution in [3.05, 3.63) is 70.9 Å². The number of hydrogen-bond acceptors (Lipinski definition) is 3. The summed E-state index contributed by atoms with van der Waals surface area (Å²) in [7, 11) is 0. The van der Waals surface area contributed by atoms with Crippen molar-refractivity contribution in [2.45, 2.75) is 32.7 Å². The van der Waals surface area contributed by atoms with Crippen LogP contribution in [0.15, 0.2) is 59.8 Å². The van der Waals surface area contributed by atoms with Crippen LogP contribution in [0.1, 0.15) is 36.9 Å². The van der Waals surface area contributed by atoms with Gasteiger partial charge in [-0.2, -0.15) is 0 Å². The van der Waals surface area contributed by atoms with Crippen molar-refractivity contribution < 1.29 is 4.79 Å². The van der Waals surface area contributed by atoms with Gasteiger partial charge in [0.15, 0.2) is 5.78 Å². The molecule has 0 bridgehead atoms. The molecule has 0 aromatic heterocycles. The molecule has 122 valence electrons. The summed E-state index contributed by atoms with van der Waals surface area (Å²) in [4.78, 5) is 12.9. The molecule has 0 saturated carbocycles. The summed E-state index contributed by atoms with van der Waals surface area (Å²) < 4.78 is 0. The fraction of sp³-hybridized carbons (Fsp3) is 0.286. The molecule has 1 aliphatic heterocycles. The molecule has 2 aliphatic rings. The lowest BCUT2D eigenvalue weighted by Gasteiger charge is -2.28. The van der Waals surface area contributed by atoms with E-state index in [4.69, 9.17) is 0 Å². The molecule has 0 fully saturated rings. The molecule has 2 aromatic carbocycles. The van der Waals surface area contributed by atoms with Gasteiger partial charge in [0.05, 0.1) is 17.4 Å². The van der Waals surface area contributed by atoms with Crippen LogP contribution in [-0.2, 0) is 4.79 Å². The first-order valence-electron chi connectivity index (χ1n) is 8.57. The molecule has 0 unspecified atom stereocenters. The molecule has 24 heavy (non-hydrogen) atoms. The van der Waals surface area contributed by atoms with Gasteiger partial charge < -0.3 is 10.6 Å². The summed E-state index contributed by atoms with van der Waals surface area (Å²) in [6.45, 7) is 4.23. The summed E-state index contributed by atoms with van der Waals surface area (Å²) in [6, 6.07) is 16.5. The van der Waals surface area contributed by atoms with E-state index >= 15 is 0 Å². The van der Waals surface area contributed by atoms with Crippen molar-refractivity contribution in [2.75, 3.05) is 10.6 Å². The van der Waals surface area contributed by atoms with Gasteiger partial charge in [0.25, 0.3) is 0 Å². The van der Waals surface area contributed by atoms with Crippen molar-refractivity contribution in [3.63, 3.8) is 0 Å². The van der Waals surface area contributed by atoms with Crippen LogP contribution in [0.25, 0.3) is 0 Å². The number of anilines is 2. The molecule has 2 aromatic rings. The number of para-hydroxylation sites is 2. The van der Waals surface area contributed by atoms with Crippen molar-refractivity contribution in [3.8, 4) is 0 Å². The molecule has 1 aliphatic carbocycles. The Balaban J connectivity index is 1.87. The highest BCUT2D eigenvalue weighted by atomic mass is 16.1. The Kier molecular flexibility index (Phi) is 3.64. The summed E-state index contributed by atoms with van der Waals surface area (Å²) in [5.41, 5.74) is 6.41. The quantitative estimate of drug-likeness (QED) is 0.791. The molecule has 1 heterocycles. The SMILES string of the molecule is Cc1ccc([C@@H]2Nc3ccccc3NC3=C2C(=O)C[C@@H](C)C3)cc1. The number of hydrogen-bond donors (Lipinski definition) is 2. The van der Waals surface area contributed by atoms with Gasteiger partial charge in [-0.05, 0) is 37.0 Å². The van der Waals surface area contributed by atoms with E-state index in [0.717, 1.165) is 34.6 Å². The van der Waals surface area contributed by atoms with Crippen LogP contribution in [0.5, 0.6) is 0 Å². The largest absolute Gasteiger partial charge is 0.372 e. The molecular formula is C21H22N2O. The third kappa shape index (κ3) is 2.60. The molecule has 2 N–H and O–H groups in total. The molecule has 3 heteroatoms. The summed E-state index contributed by atoms with van der Waals surface area (Å²) in [5.74, 6) is 0.634. The average molecular weight is 318 g/mol. The van der Waals surface area contributed by atoms with Crippen LogP contribution in [0.3, 0.4) is 0 Å². The maximum Gasteiger partial charge on any atom is 0.163 e. The first-order valence-corrected chi connectivity index (χ1v) is 8.57. The van der Waals surface area contributed by atoms with Gasteiger partial charge in [0.2, 0.25) is 0 Å². The van der Waals surface area contributed by atoms with E-state index in [9.17, 15) is 4.79 Å². The monoisotopic (exact) mass is 318 g/mol.